The lowest BCUT2D eigenvalue weighted by Gasteiger charge is -2.38. The van der Waals surface area contributed by atoms with Crippen LogP contribution in [0.5, 0.6) is 6.01 Å². The highest BCUT2D eigenvalue weighted by Gasteiger charge is 2.25. The number of rotatable bonds is 6. The van der Waals surface area contributed by atoms with Crippen molar-refractivity contribution < 1.29 is 18.7 Å². The molecule has 4 aromatic rings. The third kappa shape index (κ3) is 4.74. The molecule has 2 saturated heterocycles. The molecule has 2 aromatic heterocycles. The van der Waals surface area contributed by atoms with Crippen molar-refractivity contribution in [3.8, 4) is 6.01 Å². The van der Waals surface area contributed by atoms with Crippen LogP contribution in [0.15, 0.2) is 36.7 Å². The predicted octanol–water partition coefficient (Wildman–Crippen LogP) is 3.12. The zero-order valence-electron chi connectivity index (χ0n) is 21.6. The first-order valence-corrected chi connectivity index (χ1v) is 12.8. The van der Waals surface area contributed by atoms with Crippen LogP contribution < -0.4 is 20.3 Å². The average Bonchev–Trinajstić information content (AvgIpc) is 3.22. The van der Waals surface area contributed by atoms with Crippen molar-refractivity contribution in [1.29, 1.82) is 0 Å². The van der Waals surface area contributed by atoms with E-state index in [0.717, 1.165) is 24.2 Å². The van der Waals surface area contributed by atoms with Crippen LogP contribution in [0, 0.1) is 11.7 Å². The Balaban J connectivity index is 1.36. The molecule has 2 atom stereocenters. The molecule has 0 bridgehead atoms. The third-order valence-corrected chi connectivity index (χ3v) is 6.94. The maximum absolute atomic E-state index is 14.6. The van der Waals surface area contributed by atoms with Crippen LogP contribution in [0.25, 0.3) is 21.8 Å². The van der Waals surface area contributed by atoms with Crippen molar-refractivity contribution in [2.45, 2.75) is 25.9 Å². The second-order valence-corrected chi connectivity index (χ2v) is 10.3. The number of carbonyl (C=O) groups excluding carboxylic acids is 1. The van der Waals surface area contributed by atoms with Gasteiger partial charge in [0.1, 0.15) is 5.52 Å². The zero-order valence-corrected chi connectivity index (χ0v) is 21.6. The molecule has 0 saturated carbocycles. The van der Waals surface area contributed by atoms with Crippen molar-refractivity contribution >= 4 is 39.1 Å². The lowest BCUT2D eigenvalue weighted by Crippen LogP contribution is -2.54. The molecule has 0 spiro atoms. The summed E-state index contributed by atoms with van der Waals surface area (Å²) in [4.78, 5) is 24.9. The van der Waals surface area contributed by atoms with Crippen LogP contribution in [-0.2, 0) is 11.8 Å². The number of hydrogen-bond acceptors (Lipinski definition) is 8. The molecular formula is C27H30FN7O3. The van der Waals surface area contributed by atoms with Gasteiger partial charge >= 0.3 is 6.01 Å². The van der Waals surface area contributed by atoms with Gasteiger partial charge in [-0.25, -0.2) is 9.37 Å². The van der Waals surface area contributed by atoms with Gasteiger partial charge in [0.25, 0.3) is 5.91 Å². The number of amides is 1. The van der Waals surface area contributed by atoms with Gasteiger partial charge in [-0.05, 0) is 38.1 Å². The maximum atomic E-state index is 14.6. The number of nitrogens with zero attached hydrogens (tertiary/aromatic N) is 5. The number of nitrogens with one attached hydrogen (secondary N) is 2. The fourth-order valence-electron chi connectivity index (χ4n) is 5.20. The molecule has 1 amide bonds. The third-order valence-electron chi connectivity index (χ3n) is 6.94. The van der Waals surface area contributed by atoms with Crippen molar-refractivity contribution in [3.05, 3.63) is 48.0 Å². The lowest BCUT2D eigenvalue weighted by molar-refractivity contribution is -0.0520. The molecule has 6 rings (SSSR count). The second-order valence-electron chi connectivity index (χ2n) is 10.3. The predicted molar refractivity (Wildman–Crippen MR) is 142 cm³/mol. The van der Waals surface area contributed by atoms with Crippen LogP contribution in [0.3, 0.4) is 0 Å². The van der Waals surface area contributed by atoms with Crippen LogP contribution in [0.4, 0.5) is 15.8 Å². The Hall–Kier alpha value is -3.83. The Morgan fingerprint density at radius 1 is 1.21 bits per heavy atom. The van der Waals surface area contributed by atoms with E-state index < -0.39 is 11.7 Å². The fourth-order valence-corrected chi connectivity index (χ4v) is 5.20. The number of ether oxygens (including phenoxy) is 2. The van der Waals surface area contributed by atoms with Crippen molar-refractivity contribution in [1.82, 2.24) is 25.1 Å². The molecule has 2 aliphatic rings. The lowest BCUT2D eigenvalue weighted by atomic mass is 10.0. The number of fused-ring (bicyclic) bond motifs is 2. The highest BCUT2D eigenvalue weighted by atomic mass is 19.1. The summed E-state index contributed by atoms with van der Waals surface area (Å²) in [5.74, 6) is -0.591. The molecule has 2 aliphatic heterocycles. The Kier molecular flexibility index (Phi) is 6.32. The molecule has 4 heterocycles. The minimum Gasteiger partial charge on any atom is -0.463 e. The molecule has 0 unspecified atom stereocenters. The zero-order chi connectivity index (χ0) is 26.4. The van der Waals surface area contributed by atoms with E-state index in [4.69, 9.17) is 9.47 Å². The second kappa shape index (κ2) is 9.80. The van der Waals surface area contributed by atoms with E-state index in [1.165, 1.54) is 10.7 Å². The topological polar surface area (TPSA) is 106 Å². The summed E-state index contributed by atoms with van der Waals surface area (Å²) in [7, 11) is 1.72. The molecule has 198 valence electrons. The number of aromatic nitrogens is 4. The maximum Gasteiger partial charge on any atom is 0.316 e. The number of benzene rings is 2. The SMILES string of the molecule is C[C@@H]1CN(c2ccc(C(=O)Nc3cc(F)c4nn(C)cc4c3)c3nc(OCC4COC4)ncc23)C[C@@H](C)N1. The van der Waals surface area contributed by atoms with Gasteiger partial charge < -0.3 is 25.0 Å². The van der Waals surface area contributed by atoms with Gasteiger partial charge in [-0.15, -0.1) is 0 Å². The van der Waals surface area contributed by atoms with Crippen LogP contribution in [0.2, 0.25) is 0 Å². The molecule has 0 aliphatic carbocycles. The summed E-state index contributed by atoms with van der Waals surface area (Å²) in [5.41, 5.74) is 2.39. The Bertz CT molecular complexity index is 1510. The van der Waals surface area contributed by atoms with Gasteiger partial charge in [-0.3, -0.25) is 9.48 Å². The van der Waals surface area contributed by atoms with Crippen molar-refractivity contribution in [3.63, 3.8) is 0 Å². The standard InChI is InChI=1S/C27H30FN7O3/c1-15-9-35(10-16(2)30-15)23-5-4-20(25-21(23)8-29-27(32-25)38-14-17-12-37-13-17)26(36)31-19-6-18-11-34(3)33-24(18)22(28)7-19/h4-8,11,15-17,30H,9-10,12-14H2,1-3H3,(H,31,36)/t15-,16-/m1/s1. The normalized spacial score (nSPS) is 20.1. The molecule has 2 aromatic carbocycles. The smallest absolute Gasteiger partial charge is 0.316 e. The largest absolute Gasteiger partial charge is 0.463 e. The van der Waals surface area contributed by atoms with E-state index in [9.17, 15) is 9.18 Å². The minimum atomic E-state index is -0.501. The summed E-state index contributed by atoms with van der Waals surface area (Å²) in [5, 5.41) is 11.9. The van der Waals surface area contributed by atoms with Crippen LogP contribution in [-0.4, -0.2) is 70.6 Å². The van der Waals surface area contributed by atoms with E-state index in [0.29, 0.717) is 60.0 Å². The fraction of sp³-hybridized carbons (Fsp3) is 0.407. The summed E-state index contributed by atoms with van der Waals surface area (Å²) >= 11 is 0. The number of carbonyl (C=O) groups is 1. The summed E-state index contributed by atoms with van der Waals surface area (Å²) < 4.78 is 27.2. The van der Waals surface area contributed by atoms with Gasteiger partial charge in [0, 0.05) is 72.7 Å². The van der Waals surface area contributed by atoms with E-state index in [1.54, 1.807) is 31.6 Å². The first-order valence-electron chi connectivity index (χ1n) is 12.8. The first kappa shape index (κ1) is 24.5. The molecule has 2 fully saturated rings. The summed E-state index contributed by atoms with van der Waals surface area (Å²) in [6, 6.07) is 7.50. The number of aryl methyl sites for hydroxylation is 1. The summed E-state index contributed by atoms with van der Waals surface area (Å²) in [6.07, 6.45) is 3.43. The molecular weight excluding hydrogens is 489 g/mol. The van der Waals surface area contributed by atoms with Gasteiger partial charge in [0.15, 0.2) is 5.82 Å². The van der Waals surface area contributed by atoms with Gasteiger partial charge in [-0.2, -0.15) is 10.1 Å². The Morgan fingerprint density at radius 3 is 2.74 bits per heavy atom. The molecule has 10 nitrogen and oxygen atoms in total. The number of halogens is 1. The highest BCUT2D eigenvalue weighted by Crippen LogP contribution is 2.31. The Morgan fingerprint density at radius 2 is 2.00 bits per heavy atom. The quantitative estimate of drug-likeness (QED) is 0.400. The van der Waals surface area contributed by atoms with E-state index >= 15 is 0 Å². The number of piperazine rings is 1. The molecule has 11 heteroatoms. The molecule has 2 N–H and O–H groups in total. The highest BCUT2D eigenvalue weighted by molar-refractivity contribution is 6.14. The van der Waals surface area contributed by atoms with E-state index in [-0.39, 0.29) is 11.5 Å². The van der Waals surface area contributed by atoms with Gasteiger partial charge in [0.05, 0.1) is 30.9 Å². The summed E-state index contributed by atoms with van der Waals surface area (Å²) in [6.45, 7) is 7.69. The van der Waals surface area contributed by atoms with Gasteiger partial charge in [0.2, 0.25) is 0 Å². The number of anilines is 2. The molecule has 38 heavy (non-hydrogen) atoms. The molecule has 0 radical (unpaired) electrons. The van der Waals surface area contributed by atoms with Crippen molar-refractivity contribution in [2.75, 3.05) is 43.1 Å². The Labute approximate surface area is 219 Å². The minimum absolute atomic E-state index is 0.209. The average molecular weight is 520 g/mol. The van der Waals surface area contributed by atoms with Crippen LogP contribution in [0.1, 0.15) is 24.2 Å². The van der Waals surface area contributed by atoms with Crippen molar-refractivity contribution in [2.24, 2.45) is 13.0 Å². The number of hydrogen-bond donors (Lipinski definition) is 2. The first-order chi connectivity index (χ1) is 18.3. The monoisotopic (exact) mass is 519 g/mol. The van der Waals surface area contributed by atoms with Crippen LogP contribution >= 0.6 is 0 Å². The van der Waals surface area contributed by atoms with Gasteiger partial charge in [-0.1, -0.05) is 0 Å². The van der Waals surface area contributed by atoms with E-state index in [2.05, 4.69) is 44.4 Å². The van der Waals surface area contributed by atoms with E-state index in [1.807, 2.05) is 6.07 Å².